The van der Waals surface area contributed by atoms with Crippen molar-refractivity contribution in [1.29, 1.82) is 0 Å². The van der Waals surface area contributed by atoms with E-state index in [1.165, 1.54) is 0 Å². The molecule has 3 nitrogen and oxygen atoms in total. The van der Waals surface area contributed by atoms with Crippen molar-refractivity contribution in [2.24, 2.45) is 0 Å². The summed E-state index contributed by atoms with van der Waals surface area (Å²) in [5.74, 6) is 0. The molecule has 4 heteroatoms. The van der Waals surface area contributed by atoms with Crippen molar-refractivity contribution in [3.05, 3.63) is 339 Å². The second kappa shape index (κ2) is 22.2. The minimum Gasteiger partial charge on any atom is -0.311 e. The van der Waals surface area contributed by atoms with Gasteiger partial charge in [-0.1, -0.05) is 275 Å². The second-order valence-electron chi connectivity index (χ2n) is 24.9. The molecule has 0 amide bonds. The molecule has 0 bridgehead atoms. The van der Waals surface area contributed by atoms with Crippen molar-refractivity contribution in [3.63, 3.8) is 0 Å². The molecular weight excluding hydrogens is 1110 g/mol. The fourth-order valence-electron chi connectivity index (χ4n) is 14.2. The van der Waals surface area contributed by atoms with Crippen LogP contribution in [0, 0.1) is 0 Å². The molecule has 0 fully saturated rings. The molecule has 0 N–H and O–H groups in total. The van der Waals surface area contributed by atoms with Gasteiger partial charge in [0.05, 0.1) is 30.4 Å². The maximum atomic E-state index is 9.60. The summed E-state index contributed by atoms with van der Waals surface area (Å²) in [4.78, 5) is 4.73. The monoisotopic (exact) mass is 1180 g/mol. The summed E-state index contributed by atoms with van der Waals surface area (Å²) in [6.07, 6.45) is 0. The fraction of sp³-hybridized carbons (Fsp3) is 0.0455. The maximum absolute atomic E-state index is 9.60. The zero-order valence-electron chi connectivity index (χ0n) is 60.9. The molecule has 0 atom stereocenters. The molecule has 0 saturated carbocycles. The van der Waals surface area contributed by atoms with Crippen LogP contribution < -0.4 is 26.2 Å². The van der Waals surface area contributed by atoms with Crippen LogP contribution in [0.1, 0.15) is 40.0 Å². The molecule has 0 unspecified atom stereocenters. The number of anilines is 6. The van der Waals surface area contributed by atoms with Crippen LogP contribution in [0.2, 0.25) is 0 Å². The highest BCUT2D eigenvalue weighted by Gasteiger charge is 2.45. The average molecular weight is 1180 g/mol. The van der Waals surface area contributed by atoms with Gasteiger partial charge in [0.25, 0.3) is 6.71 Å². The van der Waals surface area contributed by atoms with Crippen molar-refractivity contribution >= 4 is 79.0 Å². The lowest BCUT2D eigenvalue weighted by atomic mass is 9.33. The Bertz CT molecular complexity index is 5770. The van der Waals surface area contributed by atoms with Crippen LogP contribution in [0.25, 0.3) is 105 Å². The number of rotatable bonds is 10. The first-order valence-electron chi connectivity index (χ1n) is 36.3. The topological polar surface area (TPSA) is 11.4 Å². The van der Waals surface area contributed by atoms with E-state index in [4.69, 9.17) is 8.22 Å². The third kappa shape index (κ3) is 9.28. The third-order valence-electron chi connectivity index (χ3n) is 18.4. The summed E-state index contributed by atoms with van der Waals surface area (Å²) in [5.41, 5.74) is 21.5. The van der Waals surface area contributed by atoms with Gasteiger partial charge in [-0.2, -0.15) is 0 Å². The summed E-state index contributed by atoms with van der Waals surface area (Å²) in [6, 6.07) is 90.9. The number of hydrogen-bond acceptors (Lipinski definition) is 2. The largest absolute Gasteiger partial charge is 0.311 e. The molecule has 0 saturated heterocycles. The van der Waals surface area contributed by atoms with Crippen molar-refractivity contribution in [2.45, 2.75) is 26.2 Å². The smallest absolute Gasteiger partial charge is 0.252 e. The number of hydrogen-bond donors (Lipinski definition) is 0. The molecule has 14 aromatic carbocycles. The molecule has 17 rings (SSSR count). The SMILES string of the molecule is [2H]c1c([2H])c([2H])c(-c2ccc3c(c2)B2c4ccc(-c5c([2H])c([2H])c([2H])c([2H])c5[2H])cc4N(c4c(-c5ccccc5)cc(C(C)(C)C)cc4-c4ccccc4)c4cc(-c5cccc6c5c5ccccc5n6-c5ccccc5)cc(c42)N3c2cc(-c3ccccc3)cc(-c3ccccc3)c2)c([2H])c1[2H]. The fourth-order valence-corrected chi connectivity index (χ4v) is 14.2. The van der Waals surface area contributed by atoms with Crippen LogP contribution in [0.15, 0.2) is 333 Å². The Hall–Kier alpha value is -11.5. The normalized spacial score (nSPS) is 14.0. The Morgan fingerprint density at radius 1 is 0.315 bits per heavy atom. The Labute approximate surface area is 553 Å². The van der Waals surface area contributed by atoms with Crippen LogP contribution in [0.3, 0.4) is 0 Å². The van der Waals surface area contributed by atoms with Crippen LogP contribution in [0.4, 0.5) is 34.1 Å². The second-order valence-corrected chi connectivity index (χ2v) is 24.9. The van der Waals surface area contributed by atoms with Crippen molar-refractivity contribution < 1.29 is 13.7 Å². The highest BCUT2D eigenvalue weighted by atomic mass is 15.2. The van der Waals surface area contributed by atoms with Crippen molar-refractivity contribution in [2.75, 3.05) is 9.80 Å². The van der Waals surface area contributed by atoms with Gasteiger partial charge in [-0.15, -0.1) is 0 Å². The van der Waals surface area contributed by atoms with Gasteiger partial charge in [-0.3, -0.25) is 0 Å². The molecule has 15 aromatic rings. The van der Waals surface area contributed by atoms with E-state index >= 15 is 0 Å². The van der Waals surface area contributed by atoms with E-state index in [1.807, 2.05) is 66.7 Å². The van der Waals surface area contributed by atoms with Gasteiger partial charge in [0, 0.05) is 56.0 Å². The van der Waals surface area contributed by atoms with Gasteiger partial charge in [0.1, 0.15) is 0 Å². The minimum absolute atomic E-state index is 0.0475. The van der Waals surface area contributed by atoms with Crippen LogP contribution >= 0.6 is 0 Å². The molecule has 2 aliphatic rings. The van der Waals surface area contributed by atoms with E-state index in [0.29, 0.717) is 16.8 Å². The third-order valence-corrected chi connectivity index (χ3v) is 18.4. The molecule has 434 valence electrons. The number of nitrogens with zero attached hydrogens (tertiary/aromatic N) is 3. The van der Waals surface area contributed by atoms with Gasteiger partial charge < -0.3 is 14.4 Å². The lowest BCUT2D eigenvalue weighted by molar-refractivity contribution is 0.591. The Morgan fingerprint density at radius 2 is 0.815 bits per heavy atom. The lowest BCUT2D eigenvalue weighted by Crippen LogP contribution is -2.61. The Kier molecular flexibility index (Phi) is 10.9. The summed E-state index contributed by atoms with van der Waals surface area (Å²) < 4.78 is 94.3. The number of aromatic nitrogens is 1. The molecule has 0 radical (unpaired) electrons. The van der Waals surface area contributed by atoms with Gasteiger partial charge in [0.2, 0.25) is 0 Å². The number of fused-ring (bicyclic) bond motifs is 7. The van der Waals surface area contributed by atoms with Crippen molar-refractivity contribution in [3.8, 4) is 83.6 Å². The molecule has 0 aliphatic carbocycles. The van der Waals surface area contributed by atoms with Crippen LogP contribution in [-0.4, -0.2) is 11.3 Å². The highest BCUT2D eigenvalue weighted by Crippen LogP contribution is 2.54. The number of para-hydroxylation sites is 2. The van der Waals surface area contributed by atoms with Crippen LogP contribution in [-0.2, 0) is 5.41 Å². The minimum atomic E-state index is -0.684. The standard InChI is InChI=1S/C88H64BN3/c1-88(2,3)70-57-75(63-36-19-8-20-37-63)87(76(58-70)64-38-21-9-22-39-64)92-82-54-66(60-30-13-5-14-31-60)46-48-77(82)89-78-53-65(59-28-11-4-12-29-59)47-49-80(78)91(72-51-67(61-32-15-6-16-33-61)50-68(52-72)62-34-17-7-18-35-62)83-55-69(56-84(92)86(83)89)73-43-27-45-81-85(73)74-42-25-26-44-79(74)90(81)71-40-23-10-24-41-71/h4-58H,1-3H3/i4D,5D,11D,12D,13D,14D,28D,29D,30D,31D. The van der Waals surface area contributed by atoms with Gasteiger partial charge in [0.15, 0.2) is 0 Å². The molecule has 0 spiro atoms. The summed E-state index contributed by atoms with van der Waals surface area (Å²) in [6.45, 7) is 6.01. The van der Waals surface area contributed by atoms with E-state index in [1.54, 1.807) is 0 Å². The first-order chi connectivity index (χ1) is 49.4. The first-order valence-corrected chi connectivity index (χ1v) is 31.3. The summed E-state index contributed by atoms with van der Waals surface area (Å²) in [7, 11) is 0. The van der Waals surface area contributed by atoms with Gasteiger partial charge in [-0.05, 0) is 173 Å². The van der Waals surface area contributed by atoms with E-state index in [2.05, 4.69) is 241 Å². The Morgan fingerprint density at radius 3 is 1.40 bits per heavy atom. The lowest BCUT2D eigenvalue weighted by Gasteiger charge is -2.45. The zero-order valence-corrected chi connectivity index (χ0v) is 50.9. The molecule has 92 heavy (non-hydrogen) atoms. The Balaban J connectivity index is 1.09. The quantitative estimate of drug-likeness (QED) is 0.126. The summed E-state index contributed by atoms with van der Waals surface area (Å²) in [5, 5.41) is 2.10. The number of benzene rings is 14. The zero-order chi connectivity index (χ0) is 70.1. The van der Waals surface area contributed by atoms with E-state index < -0.39 is 43.0 Å². The predicted octanol–water partition coefficient (Wildman–Crippen LogP) is 21.8. The van der Waals surface area contributed by atoms with E-state index in [0.717, 1.165) is 134 Å². The average Bonchev–Trinajstić information content (AvgIpc) is 0.742. The first kappa shape index (κ1) is 44.9. The predicted molar refractivity (Wildman–Crippen MR) is 392 cm³/mol. The van der Waals surface area contributed by atoms with E-state index in [-0.39, 0.29) is 40.7 Å². The molecule has 2 aliphatic heterocycles. The molecular formula is C88H64BN3. The molecule has 1 aromatic heterocycles. The highest BCUT2D eigenvalue weighted by molar-refractivity contribution is 7.00. The summed E-state index contributed by atoms with van der Waals surface area (Å²) >= 11 is 0. The van der Waals surface area contributed by atoms with Gasteiger partial charge in [-0.25, -0.2) is 0 Å². The van der Waals surface area contributed by atoms with Gasteiger partial charge >= 0.3 is 0 Å². The molecule has 3 heterocycles. The van der Waals surface area contributed by atoms with Crippen molar-refractivity contribution in [1.82, 2.24) is 4.57 Å². The van der Waals surface area contributed by atoms with Crippen LogP contribution in [0.5, 0.6) is 0 Å². The maximum Gasteiger partial charge on any atom is 0.252 e. The van der Waals surface area contributed by atoms with E-state index in [9.17, 15) is 5.48 Å².